The van der Waals surface area contributed by atoms with Crippen molar-refractivity contribution >= 4 is 28.1 Å². The lowest BCUT2D eigenvalue weighted by Crippen LogP contribution is -2.36. The van der Waals surface area contributed by atoms with Gasteiger partial charge in [0.1, 0.15) is 11.5 Å². The summed E-state index contributed by atoms with van der Waals surface area (Å²) >= 11 is 0. The summed E-state index contributed by atoms with van der Waals surface area (Å²) in [6.07, 6.45) is 4.10. The molecule has 0 unspecified atom stereocenters. The van der Waals surface area contributed by atoms with Gasteiger partial charge in [-0.25, -0.2) is 13.8 Å². The highest BCUT2D eigenvalue weighted by molar-refractivity contribution is 7.89. The van der Waals surface area contributed by atoms with Crippen molar-refractivity contribution in [3.63, 3.8) is 0 Å². The van der Waals surface area contributed by atoms with Gasteiger partial charge in [0.25, 0.3) is 11.8 Å². The molecule has 1 aliphatic rings. The summed E-state index contributed by atoms with van der Waals surface area (Å²) in [7, 11) is -3.55. The van der Waals surface area contributed by atoms with Gasteiger partial charge in [-0.2, -0.15) is 9.41 Å². The number of hydrogen-bond acceptors (Lipinski definition) is 6. The average Bonchev–Trinajstić information content (AvgIpc) is 3.17. The van der Waals surface area contributed by atoms with Crippen LogP contribution >= 0.6 is 0 Å². The molecule has 2 amide bonds. The summed E-state index contributed by atoms with van der Waals surface area (Å²) in [4.78, 5) is 24.1. The molecular weight excluding hydrogens is 408 g/mol. The van der Waals surface area contributed by atoms with Crippen molar-refractivity contribution in [2.24, 2.45) is 5.10 Å². The smallest absolute Gasteiger partial charge is 0.259 e. The van der Waals surface area contributed by atoms with Gasteiger partial charge >= 0.3 is 0 Å². The van der Waals surface area contributed by atoms with Crippen molar-refractivity contribution in [3.05, 3.63) is 53.5 Å². The molecule has 3 rings (SSSR count). The van der Waals surface area contributed by atoms with E-state index in [2.05, 4.69) is 15.8 Å². The van der Waals surface area contributed by atoms with Crippen LogP contribution in [0.3, 0.4) is 0 Å². The van der Waals surface area contributed by atoms with E-state index in [0.29, 0.717) is 18.8 Å². The van der Waals surface area contributed by atoms with Gasteiger partial charge in [-0.05, 0) is 56.2 Å². The van der Waals surface area contributed by atoms with Crippen LogP contribution in [0.25, 0.3) is 0 Å². The number of carbonyl (C=O) groups is 2. The van der Waals surface area contributed by atoms with Gasteiger partial charge in [0.2, 0.25) is 10.0 Å². The molecule has 30 heavy (non-hydrogen) atoms. The maximum Gasteiger partial charge on any atom is 0.259 e. The lowest BCUT2D eigenvalue weighted by atomic mass is 10.2. The van der Waals surface area contributed by atoms with Crippen LogP contribution in [0.2, 0.25) is 0 Å². The van der Waals surface area contributed by atoms with E-state index in [9.17, 15) is 18.0 Å². The molecule has 0 spiro atoms. The van der Waals surface area contributed by atoms with Gasteiger partial charge in [-0.1, -0.05) is 6.42 Å². The van der Waals surface area contributed by atoms with E-state index in [1.54, 1.807) is 19.1 Å². The largest absolute Gasteiger partial charge is 0.460 e. The Morgan fingerprint density at radius 3 is 2.43 bits per heavy atom. The van der Waals surface area contributed by atoms with Gasteiger partial charge in [-0.15, -0.1) is 0 Å². The molecule has 1 fully saturated rings. The van der Waals surface area contributed by atoms with Crippen molar-refractivity contribution in [1.29, 1.82) is 0 Å². The summed E-state index contributed by atoms with van der Waals surface area (Å²) in [6.45, 7) is 2.55. The number of nitrogens with one attached hydrogen (secondary N) is 2. The van der Waals surface area contributed by atoms with Crippen LogP contribution in [-0.4, -0.2) is 50.4 Å². The molecule has 2 aromatic rings. The van der Waals surface area contributed by atoms with Gasteiger partial charge in [0, 0.05) is 18.7 Å². The quantitative estimate of drug-likeness (QED) is 0.509. The Labute approximate surface area is 175 Å². The number of sulfonamides is 1. The van der Waals surface area contributed by atoms with E-state index < -0.39 is 21.8 Å². The first-order valence-corrected chi connectivity index (χ1v) is 11.1. The Balaban J connectivity index is 1.50. The van der Waals surface area contributed by atoms with Crippen LogP contribution in [0.1, 0.15) is 41.1 Å². The molecule has 0 atom stereocenters. The molecule has 0 saturated carbocycles. The summed E-state index contributed by atoms with van der Waals surface area (Å²) in [5.41, 5.74) is 2.54. The van der Waals surface area contributed by atoms with Crippen molar-refractivity contribution in [2.45, 2.75) is 31.1 Å². The minimum absolute atomic E-state index is 0.154. The first kappa shape index (κ1) is 21.7. The molecule has 2 heterocycles. The second-order valence-corrected chi connectivity index (χ2v) is 8.85. The number of nitrogens with zero attached hydrogens (tertiary/aromatic N) is 2. The third-order valence-electron chi connectivity index (χ3n) is 4.62. The maximum atomic E-state index is 12.6. The maximum absolute atomic E-state index is 12.6. The van der Waals surface area contributed by atoms with Crippen molar-refractivity contribution in [1.82, 2.24) is 15.0 Å². The third kappa shape index (κ3) is 5.55. The zero-order valence-corrected chi connectivity index (χ0v) is 17.4. The molecule has 1 aromatic heterocycles. The van der Waals surface area contributed by atoms with Crippen molar-refractivity contribution in [2.75, 3.05) is 19.6 Å². The second-order valence-electron chi connectivity index (χ2n) is 6.91. The predicted molar refractivity (Wildman–Crippen MR) is 111 cm³/mol. The van der Waals surface area contributed by atoms with Gasteiger partial charge in [0.05, 0.1) is 17.7 Å². The number of aryl methyl sites for hydroxylation is 1. The molecule has 1 saturated heterocycles. The van der Waals surface area contributed by atoms with Gasteiger partial charge in [-0.3, -0.25) is 9.59 Å². The van der Waals surface area contributed by atoms with E-state index in [1.165, 1.54) is 34.8 Å². The summed E-state index contributed by atoms with van der Waals surface area (Å²) < 4.78 is 32.0. The Morgan fingerprint density at radius 1 is 1.10 bits per heavy atom. The molecule has 2 N–H and O–H groups in total. The Morgan fingerprint density at radius 2 is 1.80 bits per heavy atom. The van der Waals surface area contributed by atoms with Gasteiger partial charge in [0.15, 0.2) is 0 Å². The van der Waals surface area contributed by atoms with E-state index in [1.807, 2.05) is 0 Å². The molecule has 0 bridgehead atoms. The lowest BCUT2D eigenvalue weighted by molar-refractivity contribution is -0.120. The van der Waals surface area contributed by atoms with E-state index in [-0.39, 0.29) is 17.0 Å². The van der Waals surface area contributed by atoms with Crippen LogP contribution in [0.5, 0.6) is 0 Å². The normalized spacial score (nSPS) is 15.2. The van der Waals surface area contributed by atoms with Gasteiger partial charge < -0.3 is 9.73 Å². The van der Waals surface area contributed by atoms with Crippen LogP contribution in [0.15, 0.2) is 50.8 Å². The fourth-order valence-corrected chi connectivity index (χ4v) is 4.54. The standard InChI is InChI=1S/C20H24N4O5S/c1-15-5-8-17(29-15)13-22-23-19(25)14-21-20(26)16-6-9-18(10-7-16)30(27,28)24-11-3-2-4-12-24/h5-10,13H,2-4,11-12,14H2,1H3,(H,21,26)(H,23,25)/b22-13+. The highest BCUT2D eigenvalue weighted by Crippen LogP contribution is 2.20. The van der Waals surface area contributed by atoms with E-state index in [4.69, 9.17) is 4.42 Å². The number of rotatable bonds is 7. The zero-order valence-electron chi connectivity index (χ0n) is 16.6. The number of hydrazone groups is 1. The number of carbonyl (C=O) groups excluding carboxylic acids is 2. The first-order valence-electron chi connectivity index (χ1n) is 9.63. The highest BCUT2D eigenvalue weighted by atomic mass is 32.2. The fraction of sp³-hybridized carbons (Fsp3) is 0.350. The fourth-order valence-electron chi connectivity index (χ4n) is 3.03. The second kappa shape index (κ2) is 9.68. The Hall–Kier alpha value is -2.98. The zero-order chi connectivity index (χ0) is 21.6. The number of piperidine rings is 1. The first-order chi connectivity index (χ1) is 14.4. The number of furan rings is 1. The minimum atomic E-state index is -3.55. The minimum Gasteiger partial charge on any atom is -0.460 e. The number of benzene rings is 1. The molecule has 0 aliphatic carbocycles. The number of hydrogen-bond donors (Lipinski definition) is 2. The Kier molecular flexibility index (Phi) is 7.01. The summed E-state index contributed by atoms with van der Waals surface area (Å²) in [5, 5.41) is 6.21. The predicted octanol–water partition coefficient (Wildman–Crippen LogP) is 1.64. The lowest BCUT2D eigenvalue weighted by Gasteiger charge is -2.25. The SMILES string of the molecule is Cc1ccc(/C=N/NC(=O)CNC(=O)c2ccc(S(=O)(=O)N3CCCCC3)cc2)o1. The monoisotopic (exact) mass is 432 g/mol. The topological polar surface area (TPSA) is 121 Å². The summed E-state index contributed by atoms with van der Waals surface area (Å²) in [6, 6.07) is 9.17. The van der Waals surface area contributed by atoms with Crippen LogP contribution in [0, 0.1) is 6.92 Å². The van der Waals surface area contributed by atoms with Crippen LogP contribution in [-0.2, 0) is 14.8 Å². The van der Waals surface area contributed by atoms with Crippen molar-refractivity contribution in [3.8, 4) is 0 Å². The molecule has 160 valence electrons. The van der Waals surface area contributed by atoms with Crippen LogP contribution < -0.4 is 10.7 Å². The van der Waals surface area contributed by atoms with E-state index >= 15 is 0 Å². The average molecular weight is 433 g/mol. The molecule has 9 nitrogen and oxygen atoms in total. The van der Waals surface area contributed by atoms with E-state index in [0.717, 1.165) is 25.0 Å². The molecular formula is C20H24N4O5S. The Bertz CT molecular complexity index is 1020. The highest BCUT2D eigenvalue weighted by Gasteiger charge is 2.25. The molecule has 1 aliphatic heterocycles. The molecule has 10 heteroatoms. The number of amides is 2. The van der Waals surface area contributed by atoms with Crippen LogP contribution in [0.4, 0.5) is 0 Å². The van der Waals surface area contributed by atoms with Crippen molar-refractivity contribution < 1.29 is 22.4 Å². The molecule has 0 radical (unpaired) electrons. The summed E-state index contributed by atoms with van der Waals surface area (Å²) in [5.74, 6) is 0.228. The third-order valence-corrected chi connectivity index (χ3v) is 6.53. The molecule has 1 aromatic carbocycles.